The molecule has 0 amide bonds. The summed E-state index contributed by atoms with van der Waals surface area (Å²) in [5, 5.41) is 0.859. The van der Waals surface area contributed by atoms with E-state index in [4.69, 9.17) is 0 Å². The van der Waals surface area contributed by atoms with Gasteiger partial charge in [0, 0.05) is 11.6 Å². The molecule has 1 aliphatic rings. The van der Waals surface area contributed by atoms with Crippen LogP contribution in [0.3, 0.4) is 0 Å². The molecule has 2 aromatic rings. The van der Waals surface area contributed by atoms with Crippen molar-refractivity contribution in [2.75, 3.05) is 0 Å². The van der Waals surface area contributed by atoms with Crippen molar-refractivity contribution in [2.24, 2.45) is 4.99 Å². The zero-order valence-electron chi connectivity index (χ0n) is 10.1. The number of rotatable bonds is 2. The number of aromatic amines is 1. The highest BCUT2D eigenvalue weighted by Crippen LogP contribution is 2.45. The molecule has 92 valence electrons. The Morgan fingerprint density at radius 1 is 1.44 bits per heavy atom. The summed E-state index contributed by atoms with van der Waals surface area (Å²) >= 11 is 0. The fourth-order valence-corrected chi connectivity index (χ4v) is 2.66. The lowest BCUT2D eigenvalue weighted by Crippen LogP contribution is -2.32. The molecule has 1 aliphatic carbocycles. The Labute approximate surface area is 104 Å². The molecule has 4 heteroatoms. The van der Waals surface area contributed by atoms with Crippen molar-refractivity contribution in [1.29, 1.82) is 0 Å². The number of nitrogens with zero attached hydrogens (tertiary/aromatic N) is 1. The van der Waals surface area contributed by atoms with E-state index in [1.165, 1.54) is 6.07 Å². The minimum atomic E-state index is -0.541. The van der Waals surface area contributed by atoms with E-state index in [0.29, 0.717) is 5.52 Å². The maximum Gasteiger partial charge on any atom is 0.235 e. The predicted octanol–water partition coefficient (Wildman–Crippen LogP) is 3.33. The molecule has 0 aliphatic heterocycles. The quantitative estimate of drug-likeness (QED) is 0.639. The monoisotopic (exact) mass is 244 g/mol. The fourth-order valence-electron chi connectivity index (χ4n) is 2.66. The third-order valence-corrected chi connectivity index (χ3v) is 3.93. The van der Waals surface area contributed by atoms with Crippen LogP contribution in [-0.2, 0) is 10.3 Å². The van der Waals surface area contributed by atoms with Gasteiger partial charge in [-0.05, 0) is 49.4 Å². The predicted molar refractivity (Wildman–Crippen MR) is 66.6 cm³/mol. The first-order valence-electron chi connectivity index (χ1n) is 6.03. The van der Waals surface area contributed by atoms with Crippen LogP contribution < -0.4 is 0 Å². The van der Waals surface area contributed by atoms with E-state index in [0.717, 1.165) is 35.8 Å². The number of aromatic nitrogens is 1. The first-order chi connectivity index (χ1) is 8.66. The number of benzene rings is 1. The Balaban J connectivity index is 2.23. The zero-order valence-corrected chi connectivity index (χ0v) is 10.1. The zero-order chi connectivity index (χ0) is 12.8. The maximum atomic E-state index is 14.0. The summed E-state index contributed by atoms with van der Waals surface area (Å²) in [6, 6.07) is 3.42. The second kappa shape index (κ2) is 3.79. The van der Waals surface area contributed by atoms with Gasteiger partial charge in [-0.2, -0.15) is 4.99 Å². The molecule has 0 unspecified atom stereocenters. The lowest BCUT2D eigenvalue weighted by Gasteiger charge is -2.37. The molecule has 0 bridgehead atoms. The minimum Gasteiger partial charge on any atom is -0.359 e. The van der Waals surface area contributed by atoms with Crippen LogP contribution in [0.25, 0.3) is 10.9 Å². The molecule has 1 aromatic heterocycles. The molecule has 0 atom stereocenters. The number of hydrogen-bond acceptors (Lipinski definition) is 2. The number of aliphatic imine (C=N–C) groups is 1. The van der Waals surface area contributed by atoms with Crippen LogP contribution in [0, 0.1) is 12.7 Å². The number of halogens is 1. The fraction of sp³-hybridized carbons (Fsp3) is 0.357. The molecule has 0 radical (unpaired) electrons. The van der Waals surface area contributed by atoms with Crippen LogP contribution in [0.15, 0.2) is 23.3 Å². The average molecular weight is 244 g/mol. The molecule has 3 nitrogen and oxygen atoms in total. The van der Waals surface area contributed by atoms with Gasteiger partial charge in [0.2, 0.25) is 6.08 Å². The second-order valence-corrected chi connectivity index (χ2v) is 4.94. The first-order valence-corrected chi connectivity index (χ1v) is 6.03. The number of carbonyl (C=O) groups excluding carboxylic acids is 1. The van der Waals surface area contributed by atoms with Gasteiger partial charge in [-0.15, -0.1) is 0 Å². The summed E-state index contributed by atoms with van der Waals surface area (Å²) in [5.41, 5.74) is 1.75. The largest absolute Gasteiger partial charge is 0.359 e. The van der Waals surface area contributed by atoms with Gasteiger partial charge >= 0.3 is 0 Å². The number of nitrogens with one attached hydrogen (secondary N) is 1. The van der Waals surface area contributed by atoms with Crippen LogP contribution in [0.5, 0.6) is 0 Å². The van der Waals surface area contributed by atoms with Crippen LogP contribution in [-0.4, -0.2) is 11.1 Å². The van der Waals surface area contributed by atoms with Gasteiger partial charge in [0.05, 0.1) is 11.1 Å². The van der Waals surface area contributed by atoms with Gasteiger partial charge in [0.15, 0.2) is 0 Å². The summed E-state index contributed by atoms with van der Waals surface area (Å²) in [5.74, 6) is -0.289. The van der Waals surface area contributed by atoms with E-state index in [9.17, 15) is 9.18 Å². The third kappa shape index (κ3) is 1.42. The van der Waals surface area contributed by atoms with Gasteiger partial charge in [0.25, 0.3) is 0 Å². The van der Waals surface area contributed by atoms with E-state index >= 15 is 0 Å². The molecule has 1 aromatic carbocycles. The standard InChI is InChI=1S/C14H13FN2O/c1-9-7-16-13-11(9)5-10(6-12(13)15)14(17-8-18)3-2-4-14/h5-7,16H,2-4H2,1H3. The lowest BCUT2D eigenvalue weighted by atomic mass is 9.72. The maximum absolute atomic E-state index is 14.0. The highest BCUT2D eigenvalue weighted by Gasteiger charge is 2.39. The molecular formula is C14H13FN2O. The number of isocyanates is 1. The van der Waals surface area contributed by atoms with Gasteiger partial charge in [-0.1, -0.05) is 0 Å². The minimum absolute atomic E-state index is 0.289. The van der Waals surface area contributed by atoms with Crippen molar-refractivity contribution in [1.82, 2.24) is 4.98 Å². The van der Waals surface area contributed by atoms with Crippen molar-refractivity contribution in [3.8, 4) is 0 Å². The summed E-state index contributed by atoms with van der Waals surface area (Å²) in [6.45, 7) is 1.93. The van der Waals surface area contributed by atoms with Crippen LogP contribution in [0.2, 0.25) is 0 Å². The molecule has 3 rings (SSSR count). The number of hydrogen-bond donors (Lipinski definition) is 1. The Bertz CT molecular complexity index is 664. The van der Waals surface area contributed by atoms with Gasteiger partial charge in [-0.3, -0.25) is 0 Å². The Kier molecular flexibility index (Phi) is 2.35. The van der Waals surface area contributed by atoms with Crippen molar-refractivity contribution in [3.63, 3.8) is 0 Å². The summed E-state index contributed by atoms with van der Waals surface area (Å²) in [4.78, 5) is 17.4. The summed E-state index contributed by atoms with van der Waals surface area (Å²) < 4.78 is 14.0. The number of H-pyrrole nitrogens is 1. The van der Waals surface area contributed by atoms with E-state index < -0.39 is 5.54 Å². The Morgan fingerprint density at radius 2 is 2.22 bits per heavy atom. The summed E-state index contributed by atoms with van der Waals surface area (Å²) in [6.07, 6.45) is 6.00. The first kappa shape index (κ1) is 11.2. The SMILES string of the molecule is Cc1c[nH]c2c(F)cc(C3(N=C=O)CCC3)cc12. The van der Waals surface area contributed by atoms with E-state index in [2.05, 4.69) is 9.98 Å². The molecule has 0 saturated heterocycles. The smallest absolute Gasteiger partial charge is 0.235 e. The van der Waals surface area contributed by atoms with Crippen molar-refractivity contribution in [3.05, 3.63) is 35.3 Å². The highest BCUT2D eigenvalue weighted by molar-refractivity contribution is 5.84. The van der Waals surface area contributed by atoms with Crippen LogP contribution in [0.1, 0.15) is 30.4 Å². The molecule has 1 heterocycles. The van der Waals surface area contributed by atoms with Crippen molar-refractivity contribution in [2.45, 2.75) is 31.7 Å². The molecule has 18 heavy (non-hydrogen) atoms. The Morgan fingerprint density at radius 3 is 2.83 bits per heavy atom. The molecule has 1 saturated carbocycles. The van der Waals surface area contributed by atoms with E-state index in [-0.39, 0.29) is 5.82 Å². The van der Waals surface area contributed by atoms with Gasteiger partial charge in [-0.25, -0.2) is 9.18 Å². The van der Waals surface area contributed by atoms with E-state index in [1.54, 1.807) is 12.3 Å². The Hall–Kier alpha value is -1.93. The average Bonchev–Trinajstić information content (AvgIpc) is 2.66. The number of fused-ring (bicyclic) bond motifs is 1. The highest BCUT2D eigenvalue weighted by atomic mass is 19.1. The lowest BCUT2D eigenvalue weighted by molar-refractivity contribution is 0.255. The summed E-state index contributed by atoms with van der Waals surface area (Å²) in [7, 11) is 0. The second-order valence-electron chi connectivity index (χ2n) is 4.94. The van der Waals surface area contributed by atoms with E-state index in [1.807, 2.05) is 13.0 Å². The molecule has 0 spiro atoms. The molecule has 1 fully saturated rings. The van der Waals surface area contributed by atoms with Crippen LogP contribution >= 0.6 is 0 Å². The van der Waals surface area contributed by atoms with Crippen LogP contribution in [0.4, 0.5) is 4.39 Å². The molecular weight excluding hydrogens is 231 g/mol. The van der Waals surface area contributed by atoms with Crippen molar-refractivity contribution >= 4 is 17.0 Å². The number of aryl methyl sites for hydroxylation is 1. The topological polar surface area (TPSA) is 45.2 Å². The molecule has 1 N–H and O–H groups in total. The van der Waals surface area contributed by atoms with Gasteiger partial charge < -0.3 is 4.98 Å². The van der Waals surface area contributed by atoms with Crippen molar-refractivity contribution < 1.29 is 9.18 Å². The normalized spacial score (nSPS) is 17.2. The third-order valence-electron chi connectivity index (χ3n) is 3.93. The van der Waals surface area contributed by atoms with Gasteiger partial charge in [0.1, 0.15) is 5.82 Å².